The molecule has 1 aliphatic rings. The lowest BCUT2D eigenvalue weighted by Gasteiger charge is -2.34. The molecule has 1 fully saturated rings. The van der Waals surface area contributed by atoms with Gasteiger partial charge >= 0.3 is 0 Å². The SMILES string of the molecule is Cc1ncc(C(=O)N2CCC(C(O)CC(C)C)CC2)s1. The van der Waals surface area contributed by atoms with E-state index in [1.807, 2.05) is 11.8 Å². The number of piperidine rings is 1. The maximum Gasteiger partial charge on any atom is 0.265 e. The molecule has 1 aromatic rings. The Morgan fingerprint density at radius 2 is 2.15 bits per heavy atom. The van der Waals surface area contributed by atoms with Gasteiger partial charge in [0, 0.05) is 13.1 Å². The molecule has 2 heterocycles. The van der Waals surface area contributed by atoms with E-state index >= 15 is 0 Å². The molecule has 4 nitrogen and oxygen atoms in total. The van der Waals surface area contributed by atoms with Crippen molar-refractivity contribution in [2.45, 2.75) is 46.1 Å². The number of aliphatic hydroxyl groups is 1. The first kappa shape index (κ1) is 15.4. The summed E-state index contributed by atoms with van der Waals surface area (Å²) >= 11 is 1.45. The van der Waals surface area contributed by atoms with Crippen molar-refractivity contribution in [3.8, 4) is 0 Å². The van der Waals surface area contributed by atoms with E-state index in [1.54, 1.807) is 6.20 Å². The van der Waals surface area contributed by atoms with Crippen LogP contribution < -0.4 is 0 Å². The Morgan fingerprint density at radius 3 is 2.65 bits per heavy atom. The minimum absolute atomic E-state index is 0.0902. The van der Waals surface area contributed by atoms with E-state index in [0.29, 0.717) is 11.8 Å². The second-order valence-electron chi connectivity index (χ2n) is 6.07. The van der Waals surface area contributed by atoms with E-state index in [2.05, 4.69) is 18.8 Å². The third-order valence-electron chi connectivity index (χ3n) is 3.92. The Bertz CT molecular complexity index is 450. The van der Waals surface area contributed by atoms with Gasteiger partial charge in [0.05, 0.1) is 17.3 Å². The number of amides is 1. The third-order valence-corrected chi connectivity index (χ3v) is 4.82. The van der Waals surface area contributed by atoms with Gasteiger partial charge in [-0.25, -0.2) is 4.98 Å². The second kappa shape index (κ2) is 6.68. The predicted octanol–water partition coefficient (Wildman–Crippen LogP) is 2.71. The molecular weight excluding hydrogens is 272 g/mol. The van der Waals surface area contributed by atoms with Gasteiger partial charge in [-0.05, 0) is 38.0 Å². The molecule has 2 rings (SSSR count). The van der Waals surface area contributed by atoms with Crippen LogP contribution in [0.5, 0.6) is 0 Å². The molecule has 0 aromatic carbocycles. The van der Waals surface area contributed by atoms with Gasteiger partial charge in [0.1, 0.15) is 4.88 Å². The quantitative estimate of drug-likeness (QED) is 0.929. The summed E-state index contributed by atoms with van der Waals surface area (Å²) in [6, 6.07) is 0. The van der Waals surface area contributed by atoms with Crippen molar-refractivity contribution in [2.75, 3.05) is 13.1 Å². The summed E-state index contributed by atoms with van der Waals surface area (Å²) in [6.07, 6.45) is 4.10. The lowest BCUT2D eigenvalue weighted by atomic mass is 9.87. The highest BCUT2D eigenvalue weighted by Crippen LogP contribution is 2.26. The lowest BCUT2D eigenvalue weighted by molar-refractivity contribution is 0.0387. The number of hydrogen-bond donors (Lipinski definition) is 1. The molecule has 1 aromatic heterocycles. The van der Waals surface area contributed by atoms with Gasteiger partial charge in [-0.15, -0.1) is 11.3 Å². The minimum Gasteiger partial charge on any atom is -0.393 e. The molecular formula is C15H24N2O2S. The number of aromatic nitrogens is 1. The molecule has 1 aliphatic heterocycles. The van der Waals surface area contributed by atoms with Crippen molar-refractivity contribution in [1.82, 2.24) is 9.88 Å². The van der Waals surface area contributed by atoms with Crippen LogP contribution in [0.1, 0.15) is 47.8 Å². The van der Waals surface area contributed by atoms with Crippen molar-refractivity contribution >= 4 is 17.2 Å². The topological polar surface area (TPSA) is 53.4 Å². The number of nitrogens with zero attached hydrogens (tertiary/aromatic N) is 2. The molecule has 1 atom stereocenters. The van der Waals surface area contributed by atoms with Gasteiger partial charge in [0.25, 0.3) is 5.91 Å². The number of hydrogen-bond acceptors (Lipinski definition) is 4. The van der Waals surface area contributed by atoms with E-state index in [9.17, 15) is 9.90 Å². The van der Waals surface area contributed by atoms with Crippen molar-refractivity contribution < 1.29 is 9.90 Å². The van der Waals surface area contributed by atoms with E-state index in [4.69, 9.17) is 0 Å². The molecule has 0 saturated carbocycles. The second-order valence-corrected chi connectivity index (χ2v) is 7.30. The van der Waals surface area contributed by atoms with Crippen LogP contribution in [0.3, 0.4) is 0 Å². The van der Waals surface area contributed by atoms with Crippen LogP contribution in [0.15, 0.2) is 6.20 Å². The Morgan fingerprint density at radius 1 is 1.50 bits per heavy atom. The zero-order valence-electron chi connectivity index (χ0n) is 12.5. The normalized spacial score (nSPS) is 18.6. The molecule has 20 heavy (non-hydrogen) atoms. The summed E-state index contributed by atoms with van der Waals surface area (Å²) in [4.78, 5) is 19.1. The Balaban J connectivity index is 1.86. The van der Waals surface area contributed by atoms with Crippen LogP contribution in [-0.2, 0) is 0 Å². The number of rotatable bonds is 4. The molecule has 1 unspecified atom stereocenters. The first-order valence-corrected chi connectivity index (χ1v) is 8.18. The molecule has 112 valence electrons. The fourth-order valence-corrected chi connectivity index (χ4v) is 3.52. The molecule has 1 amide bonds. The van der Waals surface area contributed by atoms with Crippen LogP contribution in [0.4, 0.5) is 0 Å². The van der Waals surface area contributed by atoms with Crippen molar-refractivity contribution in [2.24, 2.45) is 11.8 Å². The van der Waals surface area contributed by atoms with Crippen molar-refractivity contribution in [1.29, 1.82) is 0 Å². The van der Waals surface area contributed by atoms with Gasteiger partial charge in [-0.1, -0.05) is 13.8 Å². The molecule has 1 saturated heterocycles. The zero-order chi connectivity index (χ0) is 14.7. The summed E-state index contributed by atoms with van der Waals surface area (Å²) < 4.78 is 0. The van der Waals surface area contributed by atoms with E-state index < -0.39 is 0 Å². The molecule has 5 heteroatoms. The summed E-state index contributed by atoms with van der Waals surface area (Å²) in [5.41, 5.74) is 0. The number of aliphatic hydroxyl groups excluding tert-OH is 1. The highest BCUT2D eigenvalue weighted by molar-refractivity contribution is 7.13. The fourth-order valence-electron chi connectivity index (χ4n) is 2.78. The molecule has 0 spiro atoms. The summed E-state index contributed by atoms with van der Waals surface area (Å²) in [5, 5.41) is 11.1. The first-order chi connectivity index (χ1) is 9.47. The number of aryl methyl sites for hydroxylation is 1. The average molecular weight is 296 g/mol. The van der Waals surface area contributed by atoms with Crippen LogP contribution in [-0.4, -0.2) is 40.1 Å². The highest BCUT2D eigenvalue weighted by atomic mass is 32.1. The van der Waals surface area contributed by atoms with E-state index in [0.717, 1.165) is 42.2 Å². The molecule has 0 bridgehead atoms. The third kappa shape index (κ3) is 3.79. The summed E-state index contributed by atoms with van der Waals surface area (Å²) in [6.45, 7) is 7.67. The largest absolute Gasteiger partial charge is 0.393 e. The lowest BCUT2D eigenvalue weighted by Crippen LogP contribution is -2.41. The van der Waals surface area contributed by atoms with Crippen molar-refractivity contribution in [3.05, 3.63) is 16.1 Å². The maximum atomic E-state index is 12.3. The average Bonchev–Trinajstić information content (AvgIpc) is 2.84. The monoisotopic (exact) mass is 296 g/mol. The van der Waals surface area contributed by atoms with Gasteiger partial charge < -0.3 is 10.0 Å². The standard InChI is InChI=1S/C15H24N2O2S/c1-10(2)8-13(18)12-4-6-17(7-5-12)15(19)14-9-16-11(3)20-14/h9-10,12-13,18H,4-8H2,1-3H3. The van der Waals surface area contributed by atoms with Crippen LogP contribution in [0, 0.1) is 18.8 Å². The van der Waals surface area contributed by atoms with E-state index in [-0.39, 0.29) is 12.0 Å². The molecule has 1 N–H and O–H groups in total. The Labute approximate surface area is 124 Å². The van der Waals surface area contributed by atoms with Gasteiger partial charge in [0.2, 0.25) is 0 Å². The fraction of sp³-hybridized carbons (Fsp3) is 0.733. The number of thiazole rings is 1. The van der Waals surface area contributed by atoms with Gasteiger partial charge in [-0.2, -0.15) is 0 Å². The predicted molar refractivity (Wildman–Crippen MR) is 80.9 cm³/mol. The van der Waals surface area contributed by atoms with E-state index in [1.165, 1.54) is 11.3 Å². The number of carbonyl (C=O) groups excluding carboxylic acids is 1. The first-order valence-electron chi connectivity index (χ1n) is 7.37. The Hall–Kier alpha value is -0.940. The summed E-state index contributed by atoms with van der Waals surface area (Å²) in [7, 11) is 0. The van der Waals surface area contributed by atoms with Gasteiger partial charge in [-0.3, -0.25) is 4.79 Å². The highest BCUT2D eigenvalue weighted by Gasteiger charge is 2.28. The summed E-state index contributed by atoms with van der Waals surface area (Å²) in [5.74, 6) is 0.946. The van der Waals surface area contributed by atoms with Crippen molar-refractivity contribution in [3.63, 3.8) is 0 Å². The number of likely N-dealkylation sites (tertiary alicyclic amines) is 1. The number of carbonyl (C=O) groups is 1. The zero-order valence-corrected chi connectivity index (χ0v) is 13.3. The smallest absolute Gasteiger partial charge is 0.265 e. The Kier molecular flexibility index (Phi) is 5.16. The van der Waals surface area contributed by atoms with Gasteiger partial charge in [0.15, 0.2) is 0 Å². The van der Waals surface area contributed by atoms with Crippen LogP contribution in [0.25, 0.3) is 0 Å². The van der Waals surface area contributed by atoms with Crippen LogP contribution >= 0.6 is 11.3 Å². The molecule has 0 aliphatic carbocycles. The van der Waals surface area contributed by atoms with Crippen LogP contribution in [0.2, 0.25) is 0 Å². The maximum absolute atomic E-state index is 12.3. The molecule has 0 radical (unpaired) electrons. The minimum atomic E-state index is -0.224.